The van der Waals surface area contributed by atoms with Crippen LogP contribution in [0.25, 0.3) is 0 Å². The van der Waals surface area contributed by atoms with Gasteiger partial charge in [-0.2, -0.15) is 8.78 Å². The molecule has 1 heterocycles. The van der Waals surface area contributed by atoms with Crippen LogP contribution >= 0.6 is 11.3 Å². The molecule has 0 aliphatic heterocycles. The van der Waals surface area contributed by atoms with Crippen LogP contribution in [0.4, 0.5) is 8.78 Å². The Morgan fingerprint density at radius 1 is 1.21 bits per heavy atom. The van der Waals surface area contributed by atoms with Crippen molar-refractivity contribution in [3.05, 3.63) is 82.3 Å². The van der Waals surface area contributed by atoms with E-state index in [-0.39, 0.29) is 24.2 Å². The van der Waals surface area contributed by atoms with Crippen LogP contribution in [0, 0.1) is 0 Å². The second-order valence-electron chi connectivity index (χ2n) is 6.48. The van der Waals surface area contributed by atoms with Crippen LogP contribution < -0.4 is 10.1 Å². The summed E-state index contributed by atoms with van der Waals surface area (Å²) in [5, 5.41) is 5.72. The van der Waals surface area contributed by atoms with Crippen molar-refractivity contribution >= 4 is 17.2 Å². The average molecular weight is 417 g/mol. The minimum absolute atomic E-state index is 0.100. The van der Waals surface area contributed by atoms with Crippen LogP contribution in [0.15, 0.2) is 66.2 Å². The molecule has 3 aromatic rings. The van der Waals surface area contributed by atoms with Crippen LogP contribution in [0.5, 0.6) is 5.75 Å². The van der Waals surface area contributed by atoms with E-state index in [0.717, 1.165) is 16.1 Å². The van der Waals surface area contributed by atoms with Gasteiger partial charge in [-0.15, -0.1) is 11.3 Å². The first-order valence-electron chi connectivity index (χ1n) is 8.97. The van der Waals surface area contributed by atoms with Crippen molar-refractivity contribution in [2.45, 2.75) is 19.2 Å². The lowest BCUT2D eigenvalue weighted by molar-refractivity contribution is -0.122. The molecule has 3 rings (SSSR count). The normalized spacial score (nSPS) is 12.2. The molecule has 1 amide bonds. The topological polar surface area (TPSA) is 54.5 Å². The highest BCUT2D eigenvalue weighted by Gasteiger charge is 2.20. The summed E-state index contributed by atoms with van der Waals surface area (Å²) in [6, 6.07) is 15.8. The minimum atomic E-state index is -2.87. The molecule has 0 fully saturated rings. The maximum atomic E-state index is 12.6. The number of hydrogen-bond acceptors (Lipinski definition) is 5. The van der Waals surface area contributed by atoms with Crippen molar-refractivity contribution in [3.8, 4) is 5.75 Å². The van der Waals surface area contributed by atoms with Gasteiger partial charge in [0.1, 0.15) is 16.8 Å². The molecule has 5 nitrogen and oxygen atoms in total. The van der Waals surface area contributed by atoms with Crippen molar-refractivity contribution in [2.24, 2.45) is 0 Å². The summed E-state index contributed by atoms with van der Waals surface area (Å²) in [4.78, 5) is 18.8. The zero-order valence-electron chi connectivity index (χ0n) is 15.8. The number of halogens is 2. The first-order valence-corrected chi connectivity index (χ1v) is 9.85. The summed E-state index contributed by atoms with van der Waals surface area (Å²) in [5.41, 5.74) is 1.73. The molecule has 152 valence electrons. The van der Waals surface area contributed by atoms with Crippen molar-refractivity contribution in [1.82, 2.24) is 15.2 Å². The largest absolute Gasteiger partial charge is 0.435 e. The van der Waals surface area contributed by atoms with Crippen LogP contribution in [0.1, 0.15) is 22.2 Å². The molecule has 0 bridgehead atoms. The Kier molecular flexibility index (Phi) is 7.26. The fraction of sp³-hybridized carbons (Fsp3) is 0.238. The van der Waals surface area contributed by atoms with Crippen LogP contribution in [-0.4, -0.2) is 36.0 Å². The van der Waals surface area contributed by atoms with Gasteiger partial charge in [0.05, 0.1) is 6.54 Å². The van der Waals surface area contributed by atoms with Crippen LogP contribution in [-0.2, 0) is 11.3 Å². The van der Waals surface area contributed by atoms with E-state index in [4.69, 9.17) is 0 Å². The predicted octanol–water partition coefficient (Wildman–Crippen LogP) is 4.08. The number of alkyl halides is 2. The number of rotatable bonds is 9. The number of thiazole rings is 1. The van der Waals surface area contributed by atoms with E-state index >= 15 is 0 Å². The van der Waals surface area contributed by atoms with E-state index in [0.29, 0.717) is 6.54 Å². The molecule has 1 N–H and O–H groups in total. The fourth-order valence-corrected chi connectivity index (χ4v) is 3.66. The van der Waals surface area contributed by atoms with Gasteiger partial charge in [0.2, 0.25) is 5.91 Å². The number of carbonyl (C=O) groups excluding carboxylic acids is 1. The summed E-state index contributed by atoms with van der Waals surface area (Å²) in [6.45, 7) is -2.30. The number of benzene rings is 2. The molecule has 0 aliphatic carbocycles. The highest BCUT2D eigenvalue weighted by Crippen LogP contribution is 2.23. The molecule has 0 saturated carbocycles. The Balaban J connectivity index is 1.61. The van der Waals surface area contributed by atoms with Gasteiger partial charge in [-0.3, -0.25) is 9.69 Å². The van der Waals surface area contributed by atoms with Gasteiger partial charge in [-0.25, -0.2) is 4.98 Å². The maximum absolute atomic E-state index is 12.6. The van der Waals surface area contributed by atoms with Crippen molar-refractivity contribution in [1.29, 1.82) is 0 Å². The standard InChI is InChI=1S/C21H21F2N3O2S/c1-26(13-15-6-5-9-17(12-15)28-21(22)23)14-18(27)25-19(20-24-10-11-29-20)16-7-3-2-4-8-16/h2-12,19,21H,13-14H2,1H3,(H,25,27). The van der Waals surface area contributed by atoms with E-state index in [1.165, 1.54) is 17.4 Å². The van der Waals surface area contributed by atoms with Gasteiger partial charge in [0.25, 0.3) is 0 Å². The summed E-state index contributed by atoms with van der Waals surface area (Å²) < 4.78 is 29.2. The highest BCUT2D eigenvalue weighted by atomic mass is 32.1. The maximum Gasteiger partial charge on any atom is 0.387 e. The summed E-state index contributed by atoms with van der Waals surface area (Å²) in [7, 11) is 1.79. The molecule has 1 unspecified atom stereocenters. The molecule has 0 aliphatic rings. The molecule has 1 aromatic heterocycles. The molecule has 2 aromatic carbocycles. The zero-order valence-corrected chi connectivity index (χ0v) is 16.6. The van der Waals surface area contributed by atoms with Gasteiger partial charge in [0, 0.05) is 18.1 Å². The third kappa shape index (κ3) is 6.33. The van der Waals surface area contributed by atoms with Gasteiger partial charge < -0.3 is 10.1 Å². The molecule has 0 radical (unpaired) electrons. The molecule has 8 heteroatoms. The lowest BCUT2D eigenvalue weighted by Crippen LogP contribution is -2.37. The third-order valence-corrected chi connectivity index (χ3v) is 4.97. The Labute approximate surface area is 172 Å². The predicted molar refractivity (Wildman–Crippen MR) is 108 cm³/mol. The number of amides is 1. The molecular formula is C21H21F2N3O2S. The molecule has 0 saturated heterocycles. The summed E-state index contributed by atoms with van der Waals surface area (Å²) in [6.07, 6.45) is 1.71. The molecule has 0 spiro atoms. The first-order chi connectivity index (χ1) is 14.0. The second-order valence-corrected chi connectivity index (χ2v) is 7.41. The van der Waals surface area contributed by atoms with Crippen LogP contribution in [0.3, 0.4) is 0 Å². The monoisotopic (exact) mass is 417 g/mol. The Morgan fingerprint density at radius 2 is 2.00 bits per heavy atom. The fourth-order valence-electron chi connectivity index (χ4n) is 2.95. The lowest BCUT2D eigenvalue weighted by Gasteiger charge is -2.21. The SMILES string of the molecule is CN(CC(=O)NC(c1ccccc1)c1nccs1)Cc1cccc(OC(F)F)c1. The van der Waals surface area contributed by atoms with Crippen molar-refractivity contribution in [2.75, 3.05) is 13.6 Å². The van der Waals surface area contributed by atoms with E-state index in [2.05, 4.69) is 15.0 Å². The quantitative estimate of drug-likeness (QED) is 0.570. The van der Waals surface area contributed by atoms with Crippen molar-refractivity contribution < 1.29 is 18.3 Å². The van der Waals surface area contributed by atoms with E-state index in [1.807, 2.05) is 35.7 Å². The zero-order chi connectivity index (χ0) is 20.6. The van der Waals surface area contributed by atoms with Crippen molar-refractivity contribution in [3.63, 3.8) is 0 Å². The Hall–Kier alpha value is -2.84. The second kappa shape index (κ2) is 10.1. The van der Waals surface area contributed by atoms with E-state index in [9.17, 15) is 13.6 Å². The smallest absolute Gasteiger partial charge is 0.387 e. The van der Waals surface area contributed by atoms with E-state index < -0.39 is 6.61 Å². The number of hydrogen-bond donors (Lipinski definition) is 1. The number of likely N-dealkylation sites (N-methyl/N-ethyl adjacent to an activating group) is 1. The number of ether oxygens (including phenoxy) is 1. The third-order valence-electron chi connectivity index (χ3n) is 4.13. The number of carbonyl (C=O) groups is 1. The number of aromatic nitrogens is 1. The lowest BCUT2D eigenvalue weighted by atomic mass is 10.1. The highest BCUT2D eigenvalue weighted by molar-refractivity contribution is 7.09. The summed E-state index contributed by atoms with van der Waals surface area (Å²) >= 11 is 1.48. The molecule has 1 atom stereocenters. The molecule has 29 heavy (non-hydrogen) atoms. The molecular weight excluding hydrogens is 396 g/mol. The van der Waals surface area contributed by atoms with Crippen LogP contribution in [0.2, 0.25) is 0 Å². The Morgan fingerprint density at radius 3 is 2.69 bits per heavy atom. The average Bonchev–Trinajstić information content (AvgIpc) is 3.21. The number of nitrogens with zero attached hydrogens (tertiary/aromatic N) is 2. The van der Waals surface area contributed by atoms with Gasteiger partial charge in [-0.1, -0.05) is 42.5 Å². The van der Waals surface area contributed by atoms with Gasteiger partial charge in [0.15, 0.2) is 0 Å². The van der Waals surface area contributed by atoms with E-state index in [1.54, 1.807) is 36.3 Å². The van der Waals surface area contributed by atoms with Gasteiger partial charge in [-0.05, 0) is 30.3 Å². The summed E-state index contributed by atoms with van der Waals surface area (Å²) in [5.74, 6) is -0.0557. The van der Waals surface area contributed by atoms with Gasteiger partial charge >= 0.3 is 6.61 Å². The minimum Gasteiger partial charge on any atom is -0.435 e. The Bertz CT molecular complexity index is 907. The number of nitrogens with one attached hydrogen (secondary N) is 1. The first kappa shape index (κ1) is 20.9.